The van der Waals surface area contributed by atoms with Crippen molar-refractivity contribution in [3.05, 3.63) is 42.8 Å². The van der Waals surface area contributed by atoms with E-state index in [4.69, 9.17) is 4.42 Å². The smallest absolute Gasteiger partial charge is 0.154 e. The molecular formula is C10H7N3O. The van der Waals surface area contributed by atoms with E-state index >= 15 is 0 Å². The first-order valence-electron chi connectivity index (χ1n) is 4.28. The standard InChI is InChI=1S/C10H7N3O/c1-3-8-7-9(10-4-2-6-14-10)12-13(8)11-5-1/h1-7H. The zero-order valence-electron chi connectivity index (χ0n) is 7.29. The Balaban J connectivity index is 2.24. The van der Waals surface area contributed by atoms with Crippen molar-refractivity contribution < 1.29 is 4.42 Å². The zero-order valence-corrected chi connectivity index (χ0v) is 7.29. The maximum absolute atomic E-state index is 5.25. The molecule has 3 heterocycles. The fraction of sp³-hybridized carbons (Fsp3) is 0. The van der Waals surface area contributed by atoms with Crippen LogP contribution in [0.15, 0.2) is 47.2 Å². The molecule has 4 heteroatoms. The second kappa shape index (κ2) is 2.70. The van der Waals surface area contributed by atoms with E-state index in [-0.39, 0.29) is 0 Å². The van der Waals surface area contributed by atoms with Crippen molar-refractivity contribution in [3.8, 4) is 11.5 Å². The van der Waals surface area contributed by atoms with E-state index in [1.807, 2.05) is 30.3 Å². The molecule has 0 saturated heterocycles. The molecule has 4 nitrogen and oxygen atoms in total. The average molecular weight is 185 g/mol. The monoisotopic (exact) mass is 185 g/mol. The van der Waals surface area contributed by atoms with Crippen molar-refractivity contribution in [2.75, 3.05) is 0 Å². The molecule has 0 spiro atoms. The lowest BCUT2D eigenvalue weighted by atomic mass is 10.3. The van der Waals surface area contributed by atoms with Crippen molar-refractivity contribution >= 4 is 5.52 Å². The molecule has 0 unspecified atom stereocenters. The van der Waals surface area contributed by atoms with Crippen LogP contribution in [0, 0.1) is 0 Å². The van der Waals surface area contributed by atoms with Crippen molar-refractivity contribution in [2.24, 2.45) is 0 Å². The third-order valence-corrected chi connectivity index (χ3v) is 2.02. The maximum atomic E-state index is 5.25. The summed E-state index contributed by atoms with van der Waals surface area (Å²) >= 11 is 0. The molecule has 0 radical (unpaired) electrons. The normalized spacial score (nSPS) is 10.9. The lowest BCUT2D eigenvalue weighted by Gasteiger charge is -1.86. The van der Waals surface area contributed by atoms with Crippen LogP contribution in [0.1, 0.15) is 0 Å². The first kappa shape index (κ1) is 7.32. The van der Waals surface area contributed by atoms with Crippen LogP contribution in [0.5, 0.6) is 0 Å². The predicted octanol–water partition coefficient (Wildman–Crippen LogP) is 1.99. The summed E-state index contributed by atoms with van der Waals surface area (Å²) in [6.07, 6.45) is 3.33. The topological polar surface area (TPSA) is 43.3 Å². The highest BCUT2D eigenvalue weighted by molar-refractivity contribution is 5.60. The summed E-state index contributed by atoms with van der Waals surface area (Å²) in [4.78, 5) is 0. The second-order valence-corrected chi connectivity index (χ2v) is 2.94. The van der Waals surface area contributed by atoms with E-state index in [2.05, 4.69) is 10.2 Å². The Labute approximate surface area is 79.8 Å². The van der Waals surface area contributed by atoms with Crippen LogP contribution in [-0.2, 0) is 0 Å². The summed E-state index contributed by atoms with van der Waals surface area (Å²) < 4.78 is 6.83. The summed E-state index contributed by atoms with van der Waals surface area (Å²) in [6, 6.07) is 9.48. The Morgan fingerprint density at radius 1 is 1.21 bits per heavy atom. The molecule has 3 aromatic rings. The van der Waals surface area contributed by atoms with Gasteiger partial charge in [-0.2, -0.15) is 9.73 Å². The summed E-state index contributed by atoms with van der Waals surface area (Å²) in [6.45, 7) is 0. The molecule has 0 aliphatic rings. The van der Waals surface area contributed by atoms with Gasteiger partial charge in [0.25, 0.3) is 0 Å². The van der Waals surface area contributed by atoms with Gasteiger partial charge >= 0.3 is 0 Å². The van der Waals surface area contributed by atoms with Gasteiger partial charge < -0.3 is 4.42 Å². The fourth-order valence-corrected chi connectivity index (χ4v) is 1.38. The van der Waals surface area contributed by atoms with E-state index in [1.54, 1.807) is 17.1 Å². The molecule has 0 fully saturated rings. The molecule has 0 aliphatic carbocycles. The minimum atomic E-state index is 0.760. The lowest BCUT2D eigenvalue weighted by molar-refractivity contribution is 0.578. The molecule has 14 heavy (non-hydrogen) atoms. The summed E-state index contributed by atoms with van der Waals surface area (Å²) in [5, 5.41) is 8.34. The molecular weight excluding hydrogens is 178 g/mol. The van der Waals surface area contributed by atoms with Gasteiger partial charge in [-0.15, -0.1) is 5.10 Å². The number of hydrogen-bond donors (Lipinski definition) is 0. The highest BCUT2D eigenvalue weighted by atomic mass is 16.3. The van der Waals surface area contributed by atoms with Gasteiger partial charge in [0.05, 0.1) is 11.8 Å². The molecule has 0 saturated carbocycles. The number of furan rings is 1. The first-order chi connectivity index (χ1) is 6.93. The Kier molecular flexibility index (Phi) is 1.41. The Hall–Kier alpha value is -2.10. The number of aromatic nitrogens is 3. The van der Waals surface area contributed by atoms with E-state index in [1.165, 1.54) is 0 Å². The van der Waals surface area contributed by atoms with Gasteiger partial charge in [0, 0.05) is 6.20 Å². The summed E-state index contributed by atoms with van der Waals surface area (Å²) in [5.41, 5.74) is 1.76. The Morgan fingerprint density at radius 2 is 2.21 bits per heavy atom. The number of hydrogen-bond acceptors (Lipinski definition) is 3. The van der Waals surface area contributed by atoms with Crippen molar-refractivity contribution in [3.63, 3.8) is 0 Å². The molecule has 0 aromatic carbocycles. The average Bonchev–Trinajstić information content (AvgIpc) is 2.86. The van der Waals surface area contributed by atoms with E-state index in [9.17, 15) is 0 Å². The van der Waals surface area contributed by atoms with Crippen molar-refractivity contribution in [2.45, 2.75) is 0 Å². The van der Waals surface area contributed by atoms with Crippen molar-refractivity contribution in [1.29, 1.82) is 0 Å². The third-order valence-electron chi connectivity index (χ3n) is 2.02. The molecule has 3 aromatic heterocycles. The largest absolute Gasteiger partial charge is 0.463 e. The molecule has 0 N–H and O–H groups in total. The van der Waals surface area contributed by atoms with E-state index in [0.29, 0.717) is 0 Å². The van der Waals surface area contributed by atoms with Gasteiger partial charge in [0.2, 0.25) is 0 Å². The molecule has 0 aliphatic heterocycles. The lowest BCUT2D eigenvalue weighted by Crippen LogP contribution is -1.90. The van der Waals surface area contributed by atoms with Gasteiger partial charge in [-0.05, 0) is 30.3 Å². The number of fused-ring (bicyclic) bond motifs is 1. The summed E-state index contributed by atoms with van der Waals surface area (Å²) in [5.74, 6) is 0.760. The maximum Gasteiger partial charge on any atom is 0.154 e. The minimum absolute atomic E-state index is 0.760. The molecule has 0 atom stereocenters. The van der Waals surface area contributed by atoms with Gasteiger partial charge in [0.1, 0.15) is 5.69 Å². The van der Waals surface area contributed by atoms with E-state index in [0.717, 1.165) is 17.0 Å². The van der Waals surface area contributed by atoms with E-state index < -0.39 is 0 Å². The molecule has 3 rings (SSSR count). The molecule has 68 valence electrons. The SMILES string of the molecule is c1coc(-c2cc3cccnn3n2)c1. The summed E-state index contributed by atoms with van der Waals surface area (Å²) in [7, 11) is 0. The van der Waals surface area contributed by atoms with Crippen LogP contribution in [0.3, 0.4) is 0 Å². The van der Waals surface area contributed by atoms with Crippen LogP contribution >= 0.6 is 0 Å². The zero-order chi connectivity index (χ0) is 9.38. The van der Waals surface area contributed by atoms with Crippen LogP contribution in [0.4, 0.5) is 0 Å². The number of nitrogens with zero attached hydrogens (tertiary/aromatic N) is 3. The minimum Gasteiger partial charge on any atom is -0.463 e. The Bertz CT molecular complexity index is 521. The fourth-order valence-electron chi connectivity index (χ4n) is 1.38. The molecule has 0 amide bonds. The van der Waals surface area contributed by atoms with Crippen LogP contribution in [-0.4, -0.2) is 14.8 Å². The van der Waals surface area contributed by atoms with Gasteiger partial charge in [0.15, 0.2) is 5.76 Å². The first-order valence-corrected chi connectivity index (χ1v) is 4.28. The van der Waals surface area contributed by atoms with Crippen LogP contribution in [0.25, 0.3) is 17.0 Å². The Morgan fingerprint density at radius 3 is 3.00 bits per heavy atom. The third kappa shape index (κ3) is 1.01. The van der Waals surface area contributed by atoms with Gasteiger partial charge in [-0.3, -0.25) is 0 Å². The second-order valence-electron chi connectivity index (χ2n) is 2.94. The highest BCUT2D eigenvalue weighted by Gasteiger charge is 2.05. The van der Waals surface area contributed by atoms with Gasteiger partial charge in [-0.25, -0.2) is 0 Å². The molecule has 0 bridgehead atoms. The quantitative estimate of drug-likeness (QED) is 0.582. The number of rotatable bonds is 1. The van der Waals surface area contributed by atoms with Gasteiger partial charge in [-0.1, -0.05) is 0 Å². The van der Waals surface area contributed by atoms with Crippen LogP contribution < -0.4 is 0 Å². The van der Waals surface area contributed by atoms with Crippen LogP contribution in [0.2, 0.25) is 0 Å². The highest BCUT2D eigenvalue weighted by Crippen LogP contribution is 2.18. The van der Waals surface area contributed by atoms with Crippen molar-refractivity contribution in [1.82, 2.24) is 14.8 Å². The predicted molar refractivity (Wildman–Crippen MR) is 50.7 cm³/mol.